The lowest BCUT2D eigenvalue weighted by atomic mass is 9.47. The molecule has 0 unspecified atom stereocenters. The molecular weight excluding hydrogens is 388 g/mol. The van der Waals surface area contributed by atoms with Crippen LogP contribution in [0.4, 0.5) is 0 Å². The van der Waals surface area contributed by atoms with Gasteiger partial charge in [-0.25, -0.2) is 0 Å². The summed E-state index contributed by atoms with van der Waals surface area (Å²) in [5.74, 6) is 5.62. The highest BCUT2D eigenvalue weighted by Gasteiger charge is 2.59. The summed E-state index contributed by atoms with van der Waals surface area (Å²) in [5, 5.41) is 0. The van der Waals surface area contributed by atoms with E-state index in [1.54, 1.807) is 5.57 Å². The Kier molecular flexibility index (Phi) is 7.86. The van der Waals surface area contributed by atoms with Crippen molar-refractivity contribution in [1.82, 2.24) is 0 Å². The summed E-state index contributed by atoms with van der Waals surface area (Å²) in [5.41, 5.74) is 2.86. The van der Waals surface area contributed by atoms with Crippen LogP contribution < -0.4 is 0 Å². The Hall–Kier alpha value is -0.300. The van der Waals surface area contributed by atoms with Crippen molar-refractivity contribution < 1.29 is 4.74 Å². The molecule has 32 heavy (non-hydrogen) atoms. The number of unbranched alkanes of at least 4 members (excludes halogenated alkanes) is 1. The molecule has 0 amide bonds. The summed E-state index contributed by atoms with van der Waals surface area (Å²) in [4.78, 5) is 0. The van der Waals surface area contributed by atoms with E-state index in [0.717, 1.165) is 42.1 Å². The lowest BCUT2D eigenvalue weighted by molar-refractivity contribution is -0.0640. The second-order valence-corrected chi connectivity index (χ2v) is 13.4. The third-order valence-corrected chi connectivity index (χ3v) is 11.1. The third-order valence-electron chi connectivity index (χ3n) is 11.1. The minimum atomic E-state index is 0.468. The molecule has 1 heteroatoms. The largest absolute Gasteiger partial charge is 0.378 e. The van der Waals surface area contributed by atoms with Crippen LogP contribution in [-0.4, -0.2) is 12.7 Å². The van der Waals surface area contributed by atoms with E-state index >= 15 is 0 Å². The van der Waals surface area contributed by atoms with Gasteiger partial charge in [-0.05, 0) is 104 Å². The van der Waals surface area contributed by atoms with Crippen LogP contribution in [0.3, 0.4) is 0 Å². The van der Waals surface area contributed by atoms with Gasteiger partial charge < -0.3 is 4.74 Å². The van der Waals surface area contributed by atoms with Crippen molar-refractivity contribution in [3.05, 3.63) is 11.6 Å². The van der Waals surface area contributed by atoms with Crippen LogP contribution in [0.1, 0.15) is 125 Å². The van der Waals surface area contributed by atoms with E-state index in [2.05, 4.69) is 47.6 Å². The summed E-state index contributed by atoms with van der Waals surface area (Å²) in [7, 11) is 0. The molecule has 0 aromatic carbocycles. The minimum Gasteiger partial charge on any atom is -0.378 e. The van der Waals surface area contributed by atoms with Gasteiger partial charge in [0.25, 0.3) is 0 Å². The lowest BCUT2D eigenvalue weighted by Gasteiger charge is -2.58. The van der Waals surface area contributed by atoms with Gasteiger partial charge in [0.15, 0.2) is 0 Å². The first-order valence-electron chi connectivity index (χ1n) is 14.6. The van der Waals surface area contributed by atoms with E-state index < -0.39 is 0 Å². The Morgan fingerprint density at radius 1 is 0.969 bits per heavy atom. The van der Waals surface area contributed by atoms with E-state index in [0.29, 0.717) is 16.9 Å². The highest BCUT2D eigenvalue weighted by atomic mass is 16.5. The van der Waals surface area contributed by atoms with E-state index in [9.17, 15) is 0 Å². The molecule has 4 aliphatic rings. The van der Waals surface area contributed by atoms with Gasteiger partial charge in [0, 0.05) is 6.61 Å². The van der Waals surface area contributed by atoms with Crippen LogP contribution in [0.25, 0.3) is 0 Å². The molecule has 0 radical (unpaired) electrons. The van der Waals surface area contributed by atoms with Gasteiger partial charge in [-0.2, -0.15) is 0 Å². The monoisotopic (exact) mass is 442 g/mol. The summed E-state index contributed by atoms with van der Waals surface area (Å²) in [6.45, 7) is 16.0. The zero-order valence-corrected chi connectivity index (χ0v) is 22.4. The second-order valence-electron chi connectivity index (χ2n) is 13.4. The van der Waals surface area contributed by atoms with Crippen molar-refractivity contribution in [1.29, 1.82) is 0 Å². The van der Waals surface area contributed by atoms with Crippen LogP contribution in [0, 0.1) is 46.3 Å². The topological polar surface area (TPSA) is 9.23 Å². The maximum Gasteiger partial charge on any atom is 0.0612 e. The molecule has 0 aromatic heterocycles. The number of fused-ring (bicyclic) bond motifs is 5. The maximum absolute atomic E-state index is 6.29. The fourth-order valence-electron chi connectivity index (χ4n) is 9.19. The number of ether oxygens (including phenoxy) is 1. The average Bonchev–Trinajstić information content (AvgIpc) is 3.11. The third kappa shape index (κ3) is 4.63. The molecule has 8 atom stereocenters. The van der Waals surface area contributed by atoms with Crippen LogP contribution in [0.15, 0.2) is 11.6 Å². The molecule has 0 N–H and O–H groups in total. The Labute approximate surface area is 200 Å². The zero-order chi connectivity index (χ0) is 22.9. The van der Waals surface area contributed by atoms with Crippen molar-refractivity contribution in [2.75, 3.05) is 6.61 Å². The molecule has 4 aliphatic carbocycles. The van der Waals surface area contributed by atoms with Crippen molar-refractivity contribution in [2.45, 2.75) is 131 Å². The maximum atomic E-state index is 6.29. The molecule has 0 aromatic rings. The predicted octanol–water partition coefficient (Wildman–Crippen LogP) is 9.21. The number of hydrogen-bond acceptors (Lipinski definition) is 1. The number of allylic oxidation sites excluding steroid dienone is 1. The summed E-state index contributed by atoms with van der Waals surface area (Å²) in [6, 6.07) is 0. The minimum absolute atomic E-state index is 0.468. The molecule has 0 bridgehead atoms. The Morgan fingerprint density at radius 2 is 1.78 bits per heavy atom. The van der Waals surface area contributed by atoms with Crippen molar-refractivity contribution in [3.63, 3.8) is 0 Å². The van der Waals surface area contributed by atoms with Crippen molar-refractivity contribution in [2.24, 2.45) is 46.3 Å². The highest BCUT2D eigenvalue weighted by Crippen LogP contribution is 2.67. The smallest absolute Gasteiger partial charge is 0.0612 e. The van der Waals surface area contributed by atoms with Gasteiger partial charge in [0.05, 0.1) is 6.10 Å². The lowest BCUT2D eigenvalue weighted by Crippen LogP contribution is -2.51. The average molecular weight is 443 g/mol. The van der Waals surface area contributed by atoms with E-state index in [-0.39, 0.29) is 0 Å². The summed E-state index contributed by atoms with van der Waals surface area (Å²) < 4.78 is 6.29. The van der Waals surface area contributed by atoms with Crippen molar-refractivity contribution in [3.8, 4) is 0 Å². The molecule has 0 aliphatic heterocycles. The van der Waals surface area contributed by atoms with Crippen LogP contribution in [-0.2, 0) is 4.74 Å². The van der Waals surface area contributed by atoms with E-state index in [1.165, 1.54) is 83.5 Å². The Bertz CT molecular complexity index is 649. The first kappa shape index (κ1) is 24.8. The number of rotatable bonds is 9. The normalized spacial score (nSPS) is 42.2. The van der Waals surface area contributed by atoms with Gasteiger partial charge >= 0.3 is 0 Å². The number of hydrogen-bond donors (Lipinski definition) is 0. The summed E-state index contributed by atoms with van der Waals surface area (Å²) >= 11 is 0. The fraction of sp³-hybridized carbons (Fsp3) is 0.935. The Morgan fingerprint density at radius 3 is 2.53 bits per heavy atom. The highest BCUT2D eigenvalue weighted by molar-refractivity contribution is 5.25. The van der Waals surface area contributed by atoms with Crippen LogP contribution in [0.5, 0.6) is 0 Å². The molecular formula is C31H54O. The molecule has 0 spiro atoms. The molecule has 4 rings (SSSR count). The molecule has 3 fully saturated rings. The zero-order valence-electron chi connectivity index (χ0n) is 22.4. The van der Waals surface area contributed by atoms with E-state index in [4.69, 9.17) is 4.74 Å². The fourth-order valence-corrected chi connectivity index (χ4v) is 9.19. The van der Waals surface area contributed by atoms with E-state index in [1.807, 2.05) is 0 Å². The molecule has 0 saturated heterocycles. The van der Waals surface area contributed by atoms with Gasteiger partial charge in [0.2, 0.25) is 0 Å². The van der Waals surface area contributed by atoms with Crippen molar-refractivity contribution >= 4 is 0 Å². The first-order valence-corrected chi connectivity index (χ1v) is 14.6. The molecule has 184 valence electrons. The molecule has 3 saturated carbocycles. The quantitative estimate of drug-likeness (QED) is 0.255. The SMILES string of the molecule is CCCCO[C@H]1CC[C@@]2(C)C(=CC[C@H]3[C@@H]4CC[C@H]([C@@H](C)CCCC(C)C)[C@@]4(C)CC[C@@H]32)C1. The van der Waals surface area contributed by atoms with Gasteiger partial charge in [-0.1, -0.05) is 78.9 Å². The molecule has 0 heterocycles. The van der Waals surface area contributed by atoms with Crippen LogP contribution in [0.2, 0.25) is 0 Å². The van der Waals surface area contributed by atoms with Gasteiger partial charge in [-0.3, -0.25) is 0 Å². The Balaban J connectivity index is 1.42. The predicted molar refractivity (Wildman–Crippen MR) is 138 cm³/mol. The first-order chi connectivity index (χ1) is 15.3. The molecule has 1 nitrogen and oxygen atoms in total. The van der Waals surface area contributed by atoms with Crippen LogP contribution >= 0.6 is 0 Å². The summed E-state index contributed by atoms with van der Waals surface area (Å²) in [6.07, 6.45) is 21.2. The standard InChI is InChI=1S/C31H54O/c1-7-8-20-32-25-16-18-30(5)24(21-25)12-13-26-28-15-14-27(23(4)11-9-10-22(2)3)31(28,6)19-17-29(26)30/h12,22-23,25-29H,7-11,13-21H2,1-6H3/t23-,25-,26-,27+,28-,29-,30-,31+/m0/s1. The van der Waals surface area contributed by atoms with Gasteiger partial charge in [0.1, 0.15) is 0 Å². The second kappa shape index (κ2) is 10.1. The van der Waals surface area contributed by atoms with Gasteiger partial charge in [-0.15, -0.1) is 0 Å².